The number of nitrogens with zero attached hydrogens (tertiary/aromatic N) is 2. The van der Waals surface area contributed by atoms with E-state index in [4.69, 9.17) is 0 Å². The van der Waals surface area contributed by atoms with Crippen LogP contribution in [0.15, 0.2) is 11.2 Å². The summed E-state index contributed by atoms with van der Waals surface area (Å²) in [4.78, 5) is 10.2. The van der Waals surface area contributed by atoms with Gasteiger partial charge in [-0.1, -0.05) is 6.92 Å². The first kappa shape index (κ1) is 15.0. The minimum atomic E-state index is 0.449. The molecule has 0 bridgehead atoms. The SMILES string of the molecule is CCNC(=NCCc1ncc(C)s1)NC(C)CC. The Morgan fingerprint density at radius 3 is 2.83 bits per heavy atom. The average Bonchev–Trinajstić information content (AvgIpc) is 2.75. The molecule has 0 aromatic carbocycles. The highest BCUT2D eigenvalue weighted by Crippen LogP contribution is 2.11. The Morgan fingerprint density at radius 1 is 1.50 bits per heavy atom. The minimum Gasteiger partial charge on any atom is -0.357 e. The molecule has 1 rings (SSSR count). The third kappa shape index (κ3) is 5.49. The normalized spacial score (nSPS) is 13.4. The highest BCUT2D eigenvalue weighted by atomic mass is 32.1. The van der Waals surface area contributed by atoms with E-state index in [1.165, 1.54) is 4.88 Å². The second-order valence-corrected chi connectivity index (χ2v) is 5.65. The Kier molecular flexibility index (Phi) is 6.72. The number of guanidine groups is 1. The lowest BCUT2D eigenvalue weighted by atomic mass is 10.3. The van der Waals surface area contributed by atoms with Crippen LogP contribution >= 0.6 is 11.3 Å². The van der Waals surface area contributed by atoms with E-state index >= 15 is 0 Å². The number of aliphatic imine (C=N–C) groups is 1. The van der Waals surface area contributed by atoms with Crippen LogP contribution in [0.2, 0.25) is 0 Å². The zero-order chi connectivity index (χ0) is 13.4. The lowest BCUT2D eigenvalue weighted by Crippen LogP contribution is -2.42. The van der Waals surface area contributed by atoms with Crippen molar-refractivity contribution in [3.05, 3.63) is 16.1 Å². The zero-order valence-electron chi connectivity index (χ0n) is 11.8. The molecular weight excluding hydrogens is 244 g/mol. The summed E-state index contributed by atoms with van der Waals surface area (Å²) in [6.07, 6.45) is 3.93. The van der Waals surface area contributed by atoms with Gasteiger partial charge in [-0.3, -0.25) is 4.99 Å². The molecule has 102 valence electrons. The van der Waals surface area contributed by atoms with E-state index in [9.17, 15) is 0 Å². The van der Waals surface area contributed by atoms with Crippen LogP contribution in [0.3, 0.4) is 0 Å². The fraction of sp³-hybridized carbons (Fsp3) is 0.692. The Morgan fingerprint density at radius 2 is 2.28 bits per heavy atom. The Labute approximate surface area is 114 Å². The number of thiazole rings is 1. The number of aryl methyl sites for hydroxylation is 1. The van der Waals surface area contributed by atoms with E-state index < -0.39 is 0 Å². The third-order valence-corrected chi connectivity index (χ3v) is 3.58. The second-order valence-electron chi connectivity index (χ2n) is 4.33. The summed E-state index contributed by atoms with van der Waals surface area (Å²) >= 11 is 1.75. The van der Waals surface area contributed by atoms with E-state index in [1.807, 2.05) is 6.20 Å². The van der Waals surface area contributed by atoms with Crippen LogP contribution < -0.4 is 10.6 Å². The van der Waals surface area contributed by atoms with Crippen molar-refractivity contribution in [1.29, 1.82) is 0 Å². The maximum absolute atomic E-state index is 4.57. The van der Waals surface area contributed by atoms with Crippen LogP contribution in [0.5, 0.6) is 0 Å². The van der Waals surface area contributed by atoms with Gasteiger partial charge in [0.2, 0.25) is 0 Å². The van der Waals surface area contributed by atoms with Gasteiger partial charge in [-0.25, -0.2) is 4.98 Å². The molecule has 2 N–H and O–H groups in total. The molecule has 1 aromatic heterocycles. The predicted molar refractivity (Wildman–Crippen MR) is 79.4 cm³/mol. The van der Waals surface area contributed by atoms with Gasteiger partial charge in [0.15, 0.2) is 5.96 Å². The van der Waals surface area contributed by atoms with Crippen LogP contribution in [0.1, 0.15) is 37.1 Å². The van der Waals surface area contributed by atoms with Gasteiger partial charge < -0.3 is 10.6 Å². The van der Waals surface area contributed by atoms with Crippen LogP contribution in [0.25, 0.3) is 0 Å². The van der Waals surface area contributed by atoms with Crippen molar-refractivity contribution in [2.24, 2.45) is 4.99 Å². The van der Waals surface area contributed by atoms with Gasteiger partial charge in [-0.05, 0) is 27.2 Å². The quantitative estimate of drug-likeness (QED) is 0.615. The van der Waals surface area contributed by atoms with Crippen LogP contribution in [-0.2, 0) is 6.42 Å². The Bertz CT molecular complexity index is 373. The monoisotopic (exact) mass is 268 g/mol. The number of hydrogen-bond acceptors (Lipinski definition) is 3. The van der Waals surface area contributed by atoms with Crippen LogP contribution in [-0.4, -0.2) is 30.1 Å². The third-order valence-electron chi connectivity index (χ3n) is 2.60. The molecule has 0 radical (unpaired) electrons. The highest BCUT2D eigenvalue weighted by molar-refractivity contribution is 7.11. The molecule has 0 aliphatic rings. The average molecular weight is 268 g/mol. The van der Waals surface area contributed by atoms with Gasteiger partial charge in [0, 0.05) is 36.6 Å². The van der Waals surface area contributed by atoms with Crippen molar-refractivity contribution in [2.75, 3.05) is 13.1 Å². The van der Waals surface area contributed by atoms with Crippen molar-refractivity contribution < 1.29 is 0 Å². The van der Waals surface area contributed by atoms with Gasteiger partial charge in [0.25, 0.3) is 0 Å². The molecule has 0 spiro atoms. The first-order valence-corrected chi connectivity index (χ1v) is 7.43. The van der Waals surface area contributed by atoms with E-state index in [1.54, 1.807) is 11.3 Å². The minimum absolute atomic E-state index is 0.449. The molecule has 0 aliphatic heterocycles. The topological polar surface area (TPSA) is 49.3 Å². The Balaban J connectivity index is 2.44. The lowest BCUT2D eigenvalue weighted by Gasteiger charge is -2.15. The number of aromatic nitrogens is 1. The second kappa shape index (κ2) is 8.08. The van der Waals surface area contributed by atoms with Crippen molar-refractivity contribution >= 4 is 17.3 Å². The number of nitrogens with one attached hydrogen (secondary N) is 2. The molecular formula is C13H24N4S. The molecule has 18 heavy (non-hydrogen) atoms. The summed E-state index contributed by atoms with van der Waals surface area (Å²) in [7, 11) is 0. The first-order chi connectivity index (χ1) is 8.65. The molecule has 0 aliphatic carbocycles. The molecule has 0 fully saturated rings. The summed E-state index contributed by atoms with van der Waals surface area (Å²) in [6.45, 7) is 10.2. The summed E-state index contributed by atoms with van der Waals surface area (Å²) < 4.78 is 0. The first-order valence-electron chi connectivity index (χ1n) is 6.61. The summed E-state index contributed by atoms with van der Waals surface area (Å²) in [5.41, 5.74) is 0. The molecule has 1 heterocycles. The standard InChI is InChI=1S/C13H24N4S/c1-5-10(3)17-13(14-6-2)15-8-7-12-16-9-11(4)18-12/h9-10H,5-8H2,1-4H3,(H2,14,15,17). The van der Waals surface area contributed by atoms with Gasteiger partial charge >= 0.3 is 0 Å². The van der Waals surface area contributed by atoms with Crippen LogP contribution in [0, 0.1) is 6.92 Å². The van der Waals surface area contributed by atoms with Gasteiger partial charge in [0.05, 0.1) is 5.01 Å². The molecule has 1 aromatic rings. The molecule has 1 atom stereocenters. The summed E-state index contributed by atoms with van der Waals surface area (Å²) in [6, 6.07) is 0.449. The molecule has 1 unspecified atom stereocenters. The van der Waals surface area contributed by atoms with E-state index in [2.05, 4.69) is 48.3 Å². The number of rotatable bonds is 6. The predicted octanol–water partition coefficient (Wildman–Crippen LogP) is 2.35. The maximum Gasteiger partial charge on any atom is 0.191 e. The summed E-state index contributed by atoms with van der Waals surface area (Å²) in [5.74, 6) is 0.903. The van der Waals surface area contributed by atoms with Gasteiger partial charge in [-0.15, -0.1) is 11.3 Å². The molecule has 4 nitrogen and oxygen atoms in total. The highest BCUT2D eigenvalue weighted by Gasteiger charge is 2.02. The van der Waals surface area contributed by atoms with Crippen molar-refractivity contribution in [1.82, 2.24) is 15.6 Å². The molecule has 0 saturated heterocycles. The van der Waals surface area contributed by atoms with E-state index in [0.717, 1.165) is 36.9 Å². The molecule has 5 heteroatoms. The molecule has 0 saturated carbocycles. The number of hydrogen-bond donors (Lipinski definition) is 2. The summed E-state index contributed by atoms with van der Waals surface area (Å²) in [5, 5.41) is 7.80. The van der Waals surface area contributed by atoms with Crippen molar-refractivity contribution in [3.63, 3.8) is 0 Å². The van der Waals surface area contributed by atoms with Crippen LogP contribution in [0.4, 0.5) is 0 Å². The fourth-order valence-corrected chi connectivity index (χ4v) is 2.21. The van der Waals surface area contributed by atoms with E-state index in [-0.39, 0.29) is 0 Å². The van der Waals surface area contributed by atoms with Gasteiger partial charge in [0.1, 0.15) is 0 Å². The molecule has 0 amide bonds. The van der Waals surface area contributed by atoms with Crippen molar-refractivity contribution in [3.8, 4) is 0 Å². The van der Waals surface area contributed by atoms with E-state index in [0.29, 0.717) is 6.04 Å². The zero-order valence-corrected chi connectivity index (χ0v) is 12.6. The smallest absolute Gasteiger partial charge is 0.191 e. The van der Waals surface area contributed by atoms with Crippen molar-refractivity contribution in [2.45, 2.75) is 46.6 Å². The van der Waals surface area contributed by atoms with Gasteiger partial charge in [-0.2, -0.15) is 0 Å². The maximum atomic E-state index is 4.57. The Hall–Kier alpha value is -1.10. The fourth-order valence-electron chi connectivity index (χ4n) is 1.44. The lowest BCUT2D eigenvalue weighted by molar-refractivity contribution is 0.624. The largest absolute Gasteiger partial charge is 0.357 e.